The number of amides is 2. The van der Waals surface area contributed by atoms with E-state index >= 15 is 0 Å². The van der Waals surface area contributed by atoms with E-state index in [0.29, 0.717) is 12.8 Å². The Labute approximate surface area is 130 Å². The van der Waals surface area contributed by atoms with Gasteiger partial charge < -0.3 is 4.74 Å². The summed E-state index contributed by atoms with van der Waals surface area (Å²) in [5.74, 6) is -2.07. The molecule has 0 spiro atoms. The van der Waals surface area contributed by atoms with Crippen LogP contribution in [-0.2, 0) is 20.5 Å². The first kappa shape index (κ1) is 14.7. The topological polar surface area (TPSA) is 46.6 Å². The van der Waals surface area contributed by atoms with Gasteiger partial charge in [0.1, 0.15) is 0 Å². The predicted molar refractivity (Wildman–Crippen MR) is 73.4 cm³/mol. The average molecular weight is 325 g/mol. The molecular formula is C16H14F3NO3. The summed E-state index contributed by atoms with van der Waals surface area (Å²) in [6.07, 6.45) is -3.44. The van der Waals surface area contributed by atoms with Crippen LogP contribution in [0.1, 0.15) is 25.3 Å². The zero-order valence-corrected chi connectivity index (χ0v) is 12.3. The van der Waals surface area contributed by atoms with Gasteiger partial charge in [-0.05, 0) is 38.0 Å². The van der Waals surface area contributed by atoms with Crippen molar-refractivity contribution >= 4 is 17.5 Å². The smallest absolute Gasteiger partial charge is 0.370 e. The van der Waals surface area contributed by atoms with Crippen LogP contribution in [0.2, 0.25) is 0 Å². The summed E-state index contributed by atoms with van der Waals surface area (Å²) in [4.78, 5) is 26.2. The van der Waals surface area contributed by atoms with E-state index in [1.807, 2.05) is 0 Å². The molecule has 1 aromatic carbocycles. The standard InChI is InChI=1S/C16H14F3NO3/c1-15-6-5-10(23-15)11-12(15)14(22)20(13(11)21)9-4-2-3-8(7-9)16(17,18)19/h2-4,7,10-12H,5-6H2,1H3/t10?,11-,12+,15?/m1/s1. The van der Waals surface area contributed by atoms with Crippen LogP contribution in [-0.4, -0.2) is 23.5 Å². The molecule has 3 aliphatic heterocycles. The van der Waals surface area contributed by atoms with Gasteiger partial charge in [-0.1, -0.05) is 6.07 Å². The van der Waals surface area contributed by atoms with Crippen molar-refractivity contribution in [3.63, 3.8) is 0 Å². The van der Waals surface area contributed by atoms with Crippen molar-refractivity contribution in [3.05, 3.63) is 29.8 Å². The van der Waals surface area contributed by atoms with Crippen LogP contribution in [0, 0.1) is 11.8 Å². The maximum absolute atomic E-state index is 12.9. The molecule has 4 atom stereocenters. The van der Waals surface area contributed by atoms with Gasteiger partial charge in [0.05, 0.1) is 34.8 Å². The first-order chi connectivity index (χ1) is 10.7. The molecule has 3 heterocycles. The third-order valence-corrected chi connectivity index (χ3v) is 5.19. The molecule has 2 bridgehead atoms. The molecule has 4 rings (SSSR count). The summed E-state index contributed by atoms with van der Waals surface area (Å²) >= 11 is 0. The molecule has 0 radical (unpaired) electrons. The summed E-state index contributed by atoms with van der Waals surface area (Å²) in [6, 6.07) is 4.34. The predicted octanol–water partition coefficient (Wildman–Crippen LogP) is 2.76. The number of anilines is 1. The number of ether oxygens (including phenoxy) is 1. The minimum atomic E-state index is -4.52. The molecule has 122 valence electrons. The quantitative estimate of drug-likeness (QED) is 0.746. The highest BCUT2D eigenvalue weighted by Gasteiger charge is 2.67. The highest BCUT2D eigenvalue weighted by molar-refractivity contribution is 6.23. The van der Waals surface area contributed by atoms with E-state index in [2.05, 4.69) is 0 Å². The van der Waals surface area contributed by atoms with Crippen molar-refractivity contribution in [1.82, 2.24) is 0 Å². The van der Waals surface area contributed by atoms with Crippen molar-refractivity contribution in [2.75, 3.05) is 4.90 Å². The number of halogens is 3. The molecule has 1 aromatic rings. The number of nitrogens with zero attached hydrogens (tertiary/aromatic N) is 1. The maximum atomic E-state index is 12.9. The van der Waals surface area contributed by atoms with Crippen LogP contribution in [0.3, 0.4) is 0 Å². The van der Waals surface area contributed by atoms with Crippen molar-refractivity contribution in [2.45, 2.75) is 37.6 Å². The molecule has 3 saturated heterocycles. The SMILES string of the molecule is CC12CCC(O1)[C@H]1C(=O)N(c3cccc(C(F)(F)F)c3)C(=O)[C@H]12. The Morgan fingerprint density at radius 3 is 2.65 bits per heavy atom. The Morgan fingerprint density at radius 2 is 2.00 bits per heavy atom. The van der Waals surface area contributed by atoms with Crippen LogP contribution in [0.5, 0.6) is 0 Å². The van der Waals surface area contributed by atoms with E-state index in [-0.39, 0.29) is 11.8 Å². The lowest BCUT2D eigenvalue weighted by atomic mass is 9.74. The molecule has 2 unspecified atom stereocenters. The fourth-order valence-electron chi connectivity index (χ4n) is 4.16. The molecule has 0 N–H and O–H groups in total. The normalized spacial score (nSPS) is 36.0. The van der Waals surface area contributed by atoms with Gasteiger partial charge >= 0.3 is 6.18 Å². The summed E-state index contributed by atoms with van der Waals surface area (Å²) in [5.41, 5.74) is -1.58. The molecule has 0 aliphatic carbocycles. The van der Waals surface area contributed by atoms with Crippen LogP contribution in [0.4, 0.5) is 18.9 Å². The number of benzene rings is 1. The Hall–Kier alpha value is -1.89. The Kier molecular flexibility index (Phi) is 2.77. The summed E-state index contributed by atoms with van der Waals surface area (Å²) in [5, 5.41) is 0. The Bertz CT molecular complexity index is 717. The zero-order valence-electron chi connectivity index (χ0n) is 12.3. The van der Waals surface area contributed by atoms with Crippen LogP contribution in [0.25, 0.3) is 0 Å². The lowest BCUT2D eigenvalue weighted by Crippen LogP contribution is -2.39. The fourth-order valence-corrected chi connectivity index (χ4v) is 4.16. The van der Waals surface area contributed by atoms with E-state index in [9.17, 15) is 22.8 Å². The summed E-state index contributed by atoms with van der Waals surface area (Å²) in [6.45, 7) is 1.80. The Balaban J connectivity index is 1.74. The monoisotopic (exact) mass is 325 g/mol. The molecule has 0 aromatic heterocycles. The number of rotatable bonds is 1. The van der Waals surface area contributed by atoms with Crippen LogP contribution in [0.15, 0.2) is 24.3 Å². The van der Waals surface area contributed by atoms with E-state index in [1.54, 1.807) is 6.92 Å². The highest BCUT2D eigenvalue weighted by Crippen LogP contribution is 2.55. The van der Waals surface area contributed by atoms with Gasteiger partial charge in [-0.3, -0.25) is 9.59 Å². The lowest BCUT2D eigenvalue weighted by molar-refractivity contribution is -0.137. The number of carbonyl (C=O) groups is 2. The molecule has 3 aliphatic rings. The molecule has 3 fully saturated rings. The first-order valence-corrected chi connectivity index (χ1v) is 7.45. The van der Waals surface area contributed by atoms with Crippen molar-refractivity contribution in [1.29, 1.82) is 0 Å². The van der Waals surface area contributed by atoms with Gasteiger partial charge in [0, 0.05) is 0 Å². The van der Waals surface area contributed by atoms with Crippen LogP contribution < -0.4 is 4.90 Å². The number of alkyl halides is 3. The van der Waals surface area contributed by atoms with Crippen molar-refractivity contribution in [2.24, 2.45) is 11.8 Å². The highest BCUT2D eigenvalue weighted by atomic mass is 19.4. The number of hydrogen-bond donors (Lipinski definition) is 0. The zero-order chi connectivity index (χ0) is 16.6. The fraction of sp³-hybridized carbons (Fsp3) is 0.500. The van der Waals surface area contributed by atoms with Crippen molar-refractivity contribution in [3.8, 4) is 0 Å². The number of imide groups is 1. The Morgan fingerprint density at radius 1 is 1.26 bits per heavy atom. The average Bonchev–Trinajstić information content (AvgIpc) is 3.07. The third-order valence-electron chi connectivity index (χ3n) is 5.19. The second kappa shape index (κ2) is 4.35. The molecule has 0 saturated carbocycles. The van der Waals surface area contributed by atoms with Crippen molar-refractivity contribution < 1.29 is 27.5 Å². The second-order valence-electron chi connectivity index (χ2n) is 6.57. The number of carbonyl (C=O) groups excluding carboxylic acids is 2. The lowest BCUT2D eigenvalue weighted by Gasteiger charge is -2.26. The van der Waals surface area contributed by atoms with E-state index in [1.165, 1.54) is 12.1 Å². The van der Waals surface area contributed by atoms with Gasteiger partial charge in [-0.25, -0.2) is 4.90 Å². The third kappa shape index (κ3) is 1.89. The molecule has 23 heavy (non-hydrogen) atoms. The number of fused-ring (bicyclic) bond motifs is 5. The van der Waals surface area contributed by atoms with Gasteiger partial charge in [-0.15, -0.1) is 0 Å². The molecule has 4 nitrogen and oxygen atoms in total. The minimum absolute atomic E-state index is 0.0211. The largest absolute Gasteiger partial charge is 0.416 e. The minimum Gasteiger partial charge on any atom is -0.370 e. The van der Waals surface area contributed by atoms with Crippen LogP contribution >= 0.6 is 0 Å². The molecule has 7 heteroatoms. The summed E-state index contributed by atoms with van der Waals surface area (Å²) < 4.78 is 44.4. The van der Waals surface area contributed by atoms with Gasteiger partial charge in [0.15, 0.2) is 0 Å². The maximum Gasteiger partial charge on any atom is 0.416 e. The first-order valence-electron chi connectivity index (χ1n) is 7.45. The van der Waals surface area contributed by atoms with E-state index in [0.717, 1.165) is 17.0 Å². The van der Waals surface area contributed by atoms with E-state index in [4.69, 9.17) is 4.74 Å². The molecule has 2 amide bonds. The van der Waals surface area contributed by atoms with E-state index < -0.39 is 41.0 Å². The van der Waals surface area contributed by atoms with Gasteiger partial charge in [0.25, 0.3) is 0 Å². The second-order valence-corrected chi connectivity index (χ2v) is 6.57. The number of hydrogen-bond acceptors (Lipinski definition) is 3. The van der Waals surface area contributed by atoms with Gasteiger partial charge in [-0.2, -0.15) is 13.2 Å². The molecular weight excluding hydrogens is 311 g/mol. The summed E-state index contributed by atoms with van der Waals surface area (Å²) in [7, 11) is 0. The van der Waals surface area contributed by atoms with Gasteiger partial charge in [0.2, 0.25) is 11.8 Å².